The van der Waals surface area contributed by atoms with Crippen molar-refractivity contribution in [3.05, 3.63) is 27.8 Å². The average molecular weight is 280 g/mol. The molecule has 1 aromatic heterocycles. The summed E-state index contributed by atoms with van der Waals surface area (Å²) < 4.78 is 0.836. The topological polar surface area (TPSA) is 71.3 Å². The number of aromatic nitrogens is 1. The van der Waals surface area contributed by atoms with E-state index in [9.17, 15) is 10.1 Å². The lowest BCUT2D eigenvalue weighted by molar-refractivity contribution is -0.382. The van der Waals surface area contributed by atoms with Crippen LogP contribution < -0.4 is 5.32 Å². The van der Waals surface area contributed by atoms with E-state index in [2.05, 4.69) is 22.1 Å². The van der Waals surface area contributed by atoms with E-state index in [0.717, 1.165) is 17.8 Å². The first kappa shape index (κ1) is 13.7. The van der Waals surface area contributed by atoms with Crippen molar-refractivity contribution >= 4 is 32.9 Å². The molecule has 0 atom stereocenters. The molecule has 1 aromatic carbocycles. The molecule has 0 radical (unpaired) electrons. The van der Waals surface area contributed by atoms with E-state index in [1.807, 2.05) is 13.1 Å². The Morgan fingerprint density at radius 3 is 3.00 bits per heavy atom. The first-order valence-corrected chi connectivity index (χ1v) is 6.94. The summed E-state index contributed by atoms with van der Waals surface area (Å²) in [5, 5.41) is 14.3. The Hall–Kier alpha value is -1.73. The first-order chi connectivity index (χ1) is 9.13. The van der Waals surface area contributed by atoms with Crippen LogP contribution in [-0.2, 0) is 0 Å². The second-order valence-corrected chi connectivity index (χ2v) is 5.13. The fourth-order valence-corrected chi connectivity index (χ4v) is 2.46. The van der Waals surface area contributed by atoms with Gasteiger partial charge < -0.3 is 10.2 Å². The molecule has 1 N–H and O–H groups in total. The van der Waals surface area contributed by atoms with Crippen LogP contribution in [0.25, 0.3) is 10.2 Å². The predicted octanol–water partition coefficient (Wildman–Crippen LogP) is 2.57. The van der Waals surface area contributed by atoms with E-state index in [1.54, 1.807) is 11.6 Å². The fraction of sp³-hybridized carbons (Fsp3) is 0.417. The molecule has 0 saturated heterocycles. The van der Waals surface area contributed by atoms with Gasteiger partial charge in [-0.1, -0.05) is 6.92 Å². The van der Waals surface area contributed by atoms with Gasteiger partial charge in [0.25, 0.3) is 0 Å². The van der Waals surface area contributed by atoms with Gasteiger partial charge in [-0.25, -0.2) is 4.98 Å². The summed E-state index contributed by atoms with van der Waals surface area (Å²) in [7, 11) is 2.01. The number of nitrogens with one attached hydrogen (secondary N) is 1. The summed E-state index contributed by atoms with van der Waals surface area (Å²) in [5.74, 6) is 0. The van der Waals surface area contributed by atoms with Crippen molar-refractivity contribution in [2.75, 3.05) is 32.0 Å². The highest BCUT2D eigenvalue weighted by Crippen LogP contribution is 2.34. The minimum absolute atomic E-state index is 0.0675. The highest BCUT2D eigenvalue weighted by molar-refractivity contribution is 7.16. The maximum absolute atomic E-state index is 11.2. The first-order valence-electron chi connectivity index (χ1n) is 6.06. The Balaban J connectivity index is 2.22. The van der Waals surface area contributed by atoms with Gasteiger partial charge >= 0.3 is 5.69 Å². The molecule has 0 unspecified atom stereocenters. The SMILES string of the molecule is CCN(C)CCNc1ccc2scnc2c1[N+](=O)[O-]. The molecular formula is C12H16N4O2S. The summed E-state index contributed by atoms with van der Waals surface area (Å²) in [6, 6.07) is 3.62. The molecule has 0 amide bonds. The molecule has 6 nitrogen and oxygen atoms in total. The van der Waals surface area contributed by atoms with Gasteiger partial charge in [0.2, 0.25) is 0 Å². The van der Waals surface area contributed by atoms with Crippen LogP contribution in [0.2, 0.25) is 0 Å². The normalized spacial score (nSPS) is 11.1. The zero-order valence-electron chi connectivity index (χ0n) is 10.9. The predicted molar refractivity (Wildman–Crippen MR) is 77.9 cm³/mol. The molecule has 0 aliphatic carbocycles. The largest absolute Gasteiger partial charge is 0.378 e. The van der Waals surface area contributed by atoms with E-state index in [1.165, 1.54) is 11.3 Å². The van der Waals surface area contributed by atoms with Crippen LogP contribution in [0.4, 0.5) is 11.4 Å². The number of nitrogens with zero attached hydrogens (tertiary/aromatic N) is 3. The Bertz CT molecular complexity index is 584. The minimum atomic E-state index is -0.367. The number of hydrogen-bond donors (Lipinski definition) is 1. The quantitative estimate of drug-likeness (QED) is 0.650. The molecule has 2 rings (SSSR count). The van der Waals surface area contributed by atoms with E-state index in [-0.39, 0.29) is 10.6 Å². The number of thiazole rings is 1. The number of nitro benzene ring substituents is 1. The molecule has 7 heteroatoms. The van der Waals surface area contributed by atoms with Crippen molar-refractivity contribution in [3.8, 4) is 0 Å². The molecule has 0 aliphatic rings. The van der Waals surface area contributed by atoms with Gasteiger partial charge in [-0.3, -0.25) is 10.1 Å². The maximum Gasteiger partial charge on any atom is 0.319 e. The van der Waals surface area contributed by atoms with Crippen LogP contribution in [0.1, 0.15) is 6.92 Å². The van der Waals surface area contributed by atoms with Gasteiger partial charge in [-0.05, 0) is 25.7 Å². The third-order valence-corrected chi connectivity index (χ3v) is 3.80. The summed E-state index contributed by atoms with van der Waals surface area (Å²) in [5.41, 5.74) is 2.70. The van der Waals surface area contributed by atoms with Crippen LogP contribution in [0.5, 0.6) is 0 Å². The fourth-order valence-electron chi connectivity index (χ4n) is 1.78. The van der Waals surface area contributed by atoms with Crippen molar-refractivity contribution in [1.82, 2.24) is 9.88 Å². The molecule has 0 aliphatic heterocycles. The Morgan fingerprint density at radius 2 is 2.32 bits per heavy atom. The van der Waals surface area contributed by atoms with Crippen molar-refractivity contribution in [1.29, 1.82) is 0 Å². The van der Waals surface area contributed by atoms with E-state index in [4.69, 9.17) is 0 Å². The number of likely N-dealkylation sites (N-methyl/N-ethyl adjacent to an activating group) is 1. The Labute approximate surface area is 115 Å². The second kappa shape index (κ2) is 5.94. The van der Waals surface area contributed by atoms with Gasteiger partial charge in [-0.2, -0.15) is 0 Å². The van der Waals surface area contributed by atoms with E-state index < -0.39 is 0 Å². The van der Waals surface area contributed by atoms with Gasteiger partial charge in [0.1, 0.15) is 5.69 Å². The summed E-state index contributed by atoms with van der Waals surface area (Å²) in [6.45, 7) is 4.53. The third-order valence-electron chi connectivity index (χ3n) is 3.01. The zero-order valence-corrected chi connectivity index (χ0v) is 11.7. The van der Waals surface area contributed by atoms with Crippen LogP contribution in [0, 0.1) is 10.1 Å². The molecule has 1 heterocycles. The van der Waals surface area contributed by atoms with Gasteiger partial charge in [0, 0.05) is 13.1 Å². The van der Waals surface area contributed by atoms with Gasteiger partial charge in [-0.15, -0.1) is 11.3 Å². The summed E-state index contributed by atoms with van der Waals surface area (Å²) >= 11 is 1.41. The summed E-state index contributed by atoms with van der Waals surface area (Å²) in [6.07, 6.45) is 0. The smallest absolute Gasteiger partial charge is 0.319 e. The number of benzene rings is 1. The van der Waals surface area contributed by atoms with Crippen LogP contribution >= 0.6 is 11.3 Å². The number of hydrogen-bond acceptors (Lipinski definition) is 6. The van der Waals surface area contributed by atoms with Crippen molar-refractivity contribution in [3.63, 3.8) is 0 Å². The van der Waals surface area contributed by atoms with Crippen LogP contribution in [0.15, 0.2) is 17.6 Å². The molecule has 0 saturated carbocycles. The lowest BCUT2D eigenvalue weighted by Gasteiger charge is -2.14. The van der Waals surface area contributed by atoms with E-state index in [0.29, 0.717) is 17.7 Å². The second-order valence-electron chi connectivity index (χ2n) is 4.24. The standard InChI is InChI=1S/C12H16N4O2S/c1-3-15(2)7-6-13-9-4-5-10-11(14-8-19-10)12(9)16(17)18/h4-5,8,13H,3,6-7H2,1-2H3. The van der Waals surface area contributed by atoms with Gasteiger partial charge in [0.15, 0.2) is 5.52 Å². The zero-order chi connectivity index (χ0) is 13.8. The highest BCUT2D eigenvalue weighted by Gasteiger charge is 2.20. The molecule has 102 valence electrons. The number of anilines is 1. The van der Waals surface area contributed by atoms with Gasteiger partial charge in [0.05, 0.1) is 15.1 Å². The van der Waals surface area contributed by atoms with Crippen LogP contribution in [0.3, 0.4) is 0 Å². The van der Waals surface area contributed by atoms with Crippen LogP contribution in [-0.4, -0.2) is 41.5 Å². The summed E-state index contributed by atoms with van der Waals surface area (Å²) in [4.78, 5) is 17.1. The molecule has 0 spiro atoms. The Kier molecular flexibility index (Phi) is 4.28. The number of fused-ring (bicyclic) bond motifs is 1. The van der Waals surface area contributed by atoms with Crippen molar-refractivity contribution < 1.29 is 4.92 Å². The van der Waals surface area contributed by atoms with E-state index >= 15 is 0 Å². The van der Waals surface area contributed by atoms with Crippen molar-refractivity contribution in [2.45, 2.75) is 6.92 Å². The highest BCUT2D eigenvalue weighted by atomic mass is 32.1. The monoisotopic (exact) mass is 280 g/mol. The Morgan fingerprint density at radius 1 is 1.53 bits per heavy atom. The molecular weight excluding hydrogens is 264 g/mol. The third kappa shape index (κ3) is 2.99. The molecule has 0 bridgehead atoms. The molecule has 2 aromatic rings. The number of nitro groups is 1. The molecule has 19 heavy (non-hydrogen) atoms. The van der Waals surface area contributed by atoms with Crippen molar-refractivity contribution in [2.24, 2.45) is 0 Å². The maximum atomic E-state index is 11.2. The lowest BCUT2D eigenvalue weighted by atomic mass is 10.2. The molecule has 0 fully saturated rings. The minimum Gasteiger partial charge on any atom is -0.378 e. The average Bonchev–Trinajstić information content (AvgIpc) is 2.85. The lowest BCUT2D eigenvalue weighted by Crippen LogP contribution is -2.24. The number of rotatable bonds is 6.